The summed E-state index contributed by atoms with van der Waals surface area (Å²) in [5, 5.41) is 0. The third-order valence-electron chi connectivity index (χ3n) is 5.72. The van der Waals surface area contributed by atoms with Gasteiger partial charge in [0.25, 0.3) is 0 Å². The van der Waals surface area contributed by atoms with Gasteiger partial charge in [-0.3, -0.25) is 4.79 Å². The molecule has 0 radical (unpaired) electrons. The maximum absolute atomic E-state index is 12.3. The number of esters is 1. The number of carbonyl (C=O) groups excluding carboxylic acids is 1. The minimum atomic E-state index is -0.132. The third kappa shape index (κ3) is 1.95. The van der Waals surface area contributed by atoms with Gasteiger partial charge in [-0.05, 0) is 59.4 Å². The molecule has 3 heterocycles. The second-order valence-corrected chi connectivity index (χ2v) is 7.13. The quantitative estimate of drug-likeness (QED) is 0.680. The predicted molar refractivity (Wildman–Crippen MR) is 89.5 cm³/mol. The third-order valence-corrected chi connectivity index (χ3v) is 5.72. The molecule has 0 N–H and O–H groups in total. The monoisotopic (exact) mass is 352 g/mol. The fraction of sp³-hybridized carbons (Fsp3) is 0.350. The molecule has 132 valence electrons. The molecule has 0 unspecified atom stereocenters. The topological polar surface area (TPSA) is 63.2 Å². The van der Waals surface area contributed by atoms with E-state index in [1.165, 1.54) is 0 Å². The second kappa shape index (κ2) is 5.06. The molecule has 0 aromatic heterocycles. The highest BCUT2D eigenvalue weighted by Crippen LogP contribution is 2.47. The van der Waals surface area contributed by atoms with Gasteiger partial charge < -0.3 is 23.7 Å². The molecule has 6 nitrogen and oxygen atoms in total. The number of fused-ring (bicyclic) bond motifs is 6. The molecular formula is C20H16O6. The molecule has 4 aliphatic rings. The summed E-state index contributed by atoms with van der Waals surface area (Å²) in [7, 11) is 0. The zero-order valence-electron chi connectivity index (χ0n) is 13.9. The van der Waals surface area contributed by atoms with Gasteiger partial charge in [0.05, 0.1) is 12.5 Å². The highest BCUT2D eigenvalue weighted by Gasteiger charge is 2.40. The summed E-state index contributed by atoms with van der Waals surface area (Å²) in [6.45, 7) is 0.928. The van der Waals surface area contributed by atoms with Crippen molar-refractivity contribution in [1.29, 1.82) is 0 Å². The number of benzene rings is 2. The number of carbonyl (C=O) groups is 1. The molecule has 1 saturated heterocycles. The smallest absolute Gasteiger partial charge is 0.309 e. The van der Waals surface area contributed by atoms with Crippen LogP contribution < -0.4 is 18.9 Å². The Morgan fingerprint density at radius 3 is 1.85 bits per heavy atom. The minimum Gasteiger partial charge on any atom is -0.465 e. The van der Waals surface area contributed by atoms with Gasteiger partial charge in [0, 0.05) is 5.92 Å². The van der Waals surface area contributed by atoms with Crippen molar-refractivity contribution in [1.82, 2.24) is 0 Å². The lowest BCUT2D eigenvalue weighted by Crippen LogP contribution is -2.23. The first-order valence-corrected chi connectivity index (χ1v) is 8.78. The average Bonchev–Trinajstić information content (AvgIpc) is 3.34. The Morgan fingerprint density at radius 1 is 0.692 bits per heavy atom. The van der Waals surface area contributed by atoms with Crippen molar-refractivity contribution in [3.63, 3.8) is 0 Å². The Kier molecular flexibility index (Phi) is 2.78. The Hall–Kier alpha value is -2.89. The van der Waals surface area contributed by atoms with Crippen LogP contribution >= 0.6 is 0 Å². The first kappa shape index (κ1) is 14.3. The summed E-state index contributed by atoms with van der Waals surface area (Å²) in [4.78, 5) is 12.3. The molecule has 26 heavy (non-hydrogen) atoms. The van der Waals surface area contributed by atoms with Crippen molar-refractivity contribution in [2.24, 2.45) is 11.8 Å². The molecule has 2 atom stereocenters. The van der Waals surface area contributed by atoms with Crippen molar-refractivity contribution in [2.75, 3.05) is 20.2 Å². The van der Waals surface area contributed by atoms with E-state index in [-0.39, 0.29) is 31.4 Å². The summed E-state index contributed by atoms with van der Waals surface area (Å²) in [5.41, 5.74) is 4.37. The van der Waals surface area contributed by atoms with E-state index in [1.54, 1.807) is 0 Å². The van der Waals surface area contributed by atoms with E-state index in [9.17, 15) is 4.79 Å². The number of hydrogen-bond donors (Lipinski definition) is 0. The Balaban J connectivity index is 1.60. The van der Waals surface area contributed by atoms with Crippen LogP contribution in [0.4, 0.5) is 0 Å². The van der Waals surface area contributed by atoms with Crippen molar-refractivity contribution < 1.29 is 28.5 Å². The molecular weight excluding hydrogens is 336 g/mol. The summed E-state index contributed by atoms with van der Waals surface area (Å²) in [5.74, 6) is 2.90. The van der Waals surface area contributed by atoms with Crippen LogP contribution in [0.15, 0.2) is 24.3 Å². The average molecular weight is 352 g/mol. The summed E-state index contributed by atoms with van der Waals surface area (Å²) < 4.78 is 27.7. The molecule has 1 fully saturated rings. The maximum atomic E-state index is 12.3. The van der Waals surface area contributed by atoms with Gasteiger partial charge in [-0.15, -0.1) is 0 Å². The van der Waals surface area contributed by atoms with E-state index in [0.29, 0.717) is 13.0 Å². The Bertz CT molecular complexity index is 950. The van der Waals surface area contributed by atoms with Crippen LogP contribution in [0.2, 0.25) is 0 Å². The molecule has 0 bridgehead atoms. The second-order valence-electron chi connectivity index (χ2n) is 7.13. The van der Waals surface area contributed by atoms with Crippen LogP contribution in [0.5, 0.6) is 23.0 Å². The molecule has 2 aromatic rings. The van der Waals surface area contributed by atoms with E-state index < -0.39 is 0 Å². The molecule has 0 spiro atoms. The number of hydrogen-bond acceptors (Lipinski definition) is 6. The fourth-order valence-corrected chi connectivity index (χ4v) is 4.38. The molecule has 1 aliphatic carbocycles. The van der Waals surface area contributed by atoms with Gasteiger partial charge >= 0.3 is 5.97 Å². The van der Waals surface area contributed by atoms with Gasteiger partial charge in [0.1, 0.15) is 0 Å². The standard InChI is InChI=1S/C20H16O6/c21-20-15-2-11-4-17-19(26-9-24-17)6-14(11)13-5-18-16(23-8-25-18)3-10(13)1-12(15)7-22-20/h3-6,12,15H,1-2,7-9H2/t12-,15+/m0/s1. The molecule has 6 heteroatoms. The SMILES string of the molecule is O=C1OC[C@@H]2Cc3cc4c(cc3-c3cc5c(cc3C[C@@H]12)OCO5)OCO4. The van der Waals surface area contributed by atoms with E-state index in [4.69, 9.17) is 23.7 Å². The predicted octanol–water partition coefficient (Wildman–Crippen LogP) is 2.70. The first-order valence-electron chi connectivity index (χ1n) is 8.78. The van der Waals surface area contributed by atoms with E-state index in [0.717, 1.165) is 51.7 Å². The number of rotatable bonds is 0. The van der Waals surface area contributed by atoms with Crippen molar-refractivity contribution in [3.8, 4) is 34.1 Å². The van der Waals surface area contributed by atoms with Crippen molar-refractivity contribution >= 4 is 5.97 Å². The normalized spacial score (nSPS) is 24.2. The van der Waals surface area contributed by atoms with Crippen molar-refractivity contribution in [2.45, 2.75) is 12.8 Å². The van der Waals surface area contributed by atoms with Gasteiger partial charge in [0.2, 0.25) is 13.6 Å². The minimum absolute atomic E-state index is 0.109. The van der Waals surface area contributed by atoms with E-state index in [1.807, 2.05) is 24.3 Å². The highest BCUT2D eigenvalue weighted by atomic mass is 16.7. The fourth-order valence-electron chi connectivity index (χ4n) is 4.38. The summed E-state index contributed by atoms with van der Waals surface area (Å²) in [6, 6.07) is 8.09. The van der Waals surface area contributed by atoms with Crippen molar-refractivity contribution in [3.05, 3.63) is 35.4 Å². The Morgan fingerprint density at radius 2 is 1.23 bits per heavy atom. The maximum Gasteiger partial charge on any atom is 0.309 e. The van der Waals surface area contributed by atoms with Crippen LogP contribution in [0.1, 0.15) is 11.1 Å². The van der Waals surface area contributed by atoms with Crippen LogP contribution in [0, 0.1) is 11.8 Å². The molecule has 0 amide bonds. The molecule has 0 saturated carbocycles. The largest absolute Gasteiger partial charge is 0.465 e. The van der Waals surface area contributed by atoms with Gasteiger partial charge in [-0.2, -0.15) is 0 Å². The van der Waals surface area contributed by atoms with Gasteiger partial charge in [-0.25, -0.2) is 0 Å². The van der Waals surface area contributed by atoms with Gasteiger partial charge in [-0.1, -0.05) is 0 Å². The van der Waals surface area contributed by atoms with E-state index >= 15 is 0 Å². The first-order chi connectivity index (χ1) is 12.8. The molecule has 2 aromatic carbocycles. The molecule has 6 rings (SSSR count). The highest BCUT2D eigenvalue weighted by molar-refractivity contribution is 5.81. The zero-order chi connectivity index (χ0) is 17.3. The lowest BCUT2D eigenvalue weighted by atomic mass is 9.78. The number of ether oxygens (including phenoxy) is 5. The zero-order valence-corrected chi connectivity index (χ0v) is 13.9. The van der Waals surface area contributed by atoms with Crippen LogP contribution in [0.3, 0.4) is 0 Å². The lowest BCUT2D eigenvalue weighted by molar-refractivity contribution is -0.141. The lowest BCUT2D eigenvalue weighted by Gasteiger charge is -2.24. The van der Waals surface area contributed by atoms with Gasteiger partial charge in [0.15, 0.2) is 23.0 Å². The van der Waals surface area contributed by atoms with Crippen LogP contribution in [-0.2, 0) is 22.4 Å². The Labute approximate surface area is 149 Å². The molecule has 3 aliphatic heterocycles. The summed E-state index contributed by atoms with van der Waals surface area (Å²) >= 11 is 0. The summed E-state index contributed by atoms with van der Waals surface area (Å²) in [6.07, 6.45) is 1.42. The number of cyclic esters (lactones) is 1. The van der Waals surface area contributed by atoms with E-state index in [2.05, 4.69) is 0 Å². The van der Waals surface area contributed by atoms with Crippen LogP contribution in [0.25, 0.3) is 11.1 Å². The van der Waals surface area contributed by atoms with Crippen LogP contribution in [-0.4, -0.2) is 26.2 Å².